The van der Waals surface area contributed by atoms with Crippen molar-refractivity contribution in [2.24, 2.45) is 0 Å². The molecular weight excluding hydrogens is 130 g/mol. The number of carbonyl (C=O) groups excluding carboxylic acids is 1. The minimum absolute atomic E-state index is 0.346. The van der Waals surface area contributed by atoms with Crippen LogP contribution in [0.15, 0.2) is 18.5 Å². The lowest BCUT2D eigenvalue weighted by atomic mass is 10.5. The maximum Gasteiger partial charge on any atom is 0.308 e. The van der Waals surface area contributed by atoms with E-state index in [9.17, 15) is 4.79 Å². The van der Waals surface area contributed by atoms with Crippen LogP contribution in [0, 0.1) is 6.07 Å². The first-order valence-electron chi connectivity index (χ1n) is 2.78. The topological polar surface area (TPSA) is 39.2 Å². The summed E-state index contributed by atoms with van der Waals surface area (Å²) < 4.78 is 4.68. The van der Waals surface area contributed by atoms with Gasteiger partial charge in [0, 0.05) is 19.2 Å². The lowest BCUT2D eigenvalue weighted by Crippen LogP contribution is -2.00. The standard InChI is InChI=1S/C7H6NO2/c1-6(9)10-7-3-2-4-8-5-7/h3-5H,1H3. The first-order chi connectivity index (χ1) is 4.79. The molecule has 3 heteroatoms. The molecular formula is C7H6NO2. The van der Waals surface area contributed by atoms with Gasteiger partial charge >= 0.3 is 5.97 Å². The first kappa shape index (κ1) is 6.74. The van der Waals surface area contributed by atoms with Crippen molar-refractivity contribution in [1.29, 1.82) is 0 Å². The second kappa shape index (κ2) is 2.96. The lowest BCUT2D eigenvalue weighted by Gasteiger charge is -1.96. The fourth-order valence-electron chi connectivity index (χ4n) is 0.532. The molecule has 0 spiro atoms. The Bertz CT molecular complexity index is 220. The maximum absolute atomic E-state index is 10.3. The van der Waals surface area contributed by atoms with Gasteiger partial charge in [-0.15, -0.1) is 0 Å². The van der Waals surface area contributed by atoms with Gasteiger partial charge in [0.1, 0.15) is 5.75 Å². The fourth-order valence-corrected chi connectivity index (χ4v) is 0.532. The highest BCUT2D eigenvalue weighted by Crippen LogP contribution is 2.04. The summed E-state index contributed by atoms with van der Waals surface area (Å²) in [6, 6.07) is 4.23. The largest absolute Gasteiger partial charge is 0.425 e. The maximum atomic E-state index is 10.3. The molecule has 1 aromatic rings. The summed E-state index contributed by atoms with van der Waals surface area (Å²) in [4.78, 5) is 14.1. The molecule has 0 amide bonds. The number of esters is 1. The number of carbonyl (C=O) groups is 1. The number of hydrogen-bond donors (Lipinski definition) is 0. The summed E-state index contributed by atoms with van der Waals surface area (Å²) in [5.74, 6) is 0.0800. The molecule has 0 bridgehead atoms. The van der Waals surface area contributed by atoms with Crippen LogP contribution in [-0.4, -0.2) is 11.0 Å². The van der Waals surface area contributed by atoms with Crippen molar-refractivity contribution in [3.63, 3.8) is 0 Å². The third kappa shape index (κ3) is 1.85. The van der Waals surface area contributed by atoms with Crippen molar-refractivity contribution in [2.45, 2.75) is 6.92 Å². The molecule has 0 aliphatic heterocycles. The van der Waals surface area contributed by atoms with E-state index in [2.05, 4.69) is 15.8 Å². The van der Waals surface area contributed by atoms with E-state index in [0.29, 0.717) is 5.75 Å². The Balaban J connectivity index is 2.67. The van der Waals surface area contributed by atoms with Crippen LogP contribution in [0.1, 0.15) is 6.92 Å². The minimum atomic E-state index is -0.346. The van der Waals surface area contributed by atoms with Crippen molar-refractivity contribution in [3.8, 4) is 5.75 Å². The predicted molar refractivity (Wildman–Crippen MR) is 34.4 cm³/mol. The number of nitrogens with zero attached hydrogens (tertiary/aromatic N) is 1. The highest BCUT2D eigenvalue weighted by Gasteiger charge is 1.94. The Labute approximate surface area is 58.7 Å². The summed E-state index contributed by atoms with van der Waals surface area (Å²) in [6.07, 6.45) is 2.95. The Morgan fingerprint density at radius 3 is 3.10 bits per heavy atom. The molecule has 0 aliphatic carbocycles. The number of rotatable bonds is 1. The van der Waals surface area contributed by atoms with Gasteiger partial charge in [0.2, 0.25) is 0 Å². The molecule has 10 heavy (non-hydrogen) atoms. The average Bonchev–Trinajstić information content (AvgIpc) is 1.88. The Kier molecular flexibility index (Phi) is 1.99. The summed E-state index contributed by atoms with van der Waals surface area (Å²) >= 11 is 0. The van der Waals surface area contributed by atoms with E-state index in [-0.39, 0.29) is 5.97 Å². The molecule has 0 aliphatic rings. The van der Waals surface area contributed by atoms with Crippen molar-refractivity contribution in [1.82, 2.24) is 4.98 Å². The zero-order valence-electron chi connectivity index (χ0n) is 5.50. The molecule has 1 radical (unpaired) electrons. The van der Waals surface area contributed by atoms with Gasteiger partial charge in [0.05, 0.1) is 6.20 Å². The van der Waals surface area contributed by atoms with Crippen LogP contribution in [0.3, 0.4) is 0 Å². The molecule has 51 valence electrons. The highest BCUT2D eigenvalue weighted by molar-refractivity contribution is 5.68. The summed E-state index contributed by atoms with van der Waals surface area (Å²) in [5, 5.41) is 0. The molecule has 3 nitrogen and oxygen atoms in total. The van der Waals surface area contributed by atoms with Gasteiger partial charge in [-0.2, -0.15) is 0 Å². The SMILES string of the molecule is CC(=O)Oc1c[c]cnc1. The van der Waals surface area contributed by atoms with E-state index in [4.69, 9.17) is 0 Å². The van der Waals surface area contributed by atoms with Gasteiger partial charge in [0.25, 0.3) is 0 Å². The Morgan fingerprint density at radius 1 is 1.80 bits per heavy atom. The van der Waals surface area contributed by atoms with E-state index in [1.807, 2.05) is 0 Å². The molecule has 0 saturated carbocycles. The second-order valence-corrected chi connectivity index (χ2v) is 1.71. The van der Waals surface area contributed by atoms with E-state index in [0.717, 1.165) is 0 Å². The predicted octanol–water partition coefficient (Wildman–Crippen LogP) is 0.807. The zero-order chi connectivity index (χ0) is 7.40. The molecule has 1 rings (SSSR count). The summed E-state index contributed by atoms with van der Waals surface area (Å²) in [5.41, 5.74) is 0. The first-order valence-corrected chi connectivity index (χ1v) is 2.78. The number of hydrogen-bond acceptors (Lipinski definition) is 3. The molecule has 0 aromatic carbocycles. The summed E-state index contributed by atoms with van der Waals surface area (Å²) in [7, 11) is 0. The van der Waals surface area contributed by atoms with Gasteiger partial charge in [-0.1, -0.05) is 0 Å². The van der Waals surface area contributed by atoms with Gasteiger partial charge < -0.3 is 4.74 Å². The third-order valence-corrected chi connectivity index (χ3v) is 0.838. The van der Waals surface area contributed by atoms with Crippen LogP contribution in [0.25, 0.3) is 0 Å². The highest BCUT2D eigenvalue weighted by atomic mass is 16.5. The normalized spacial score (nSPS) is 8.90. The zero-order valence-corrected chi connectivity index (χ0v) is 5.50. The Morgan fingerprint density at radius 2 is 2.60 bits per heavy atom. The van der Waals surface area contributed by atoms with E-state index < -0.39 is 0 Å². The van der Waals surface area contributed by atoms with E-state index in [1.54, 1.807) is 6.07 Å². The minimum Gasteiger partial charge on any atom is -0.425 e. The number of pyridine rings is 1. The molecule has 0 atom stereocenters. The van der Waals surface area contributed by atoms with Crippen LogP contribution in [0.2, 0.25) is 0 Å². The second-order valence-electron chi connectivity index (χ2n) is 1.71. The number of aromatic nitrogens is 1. The van der Waals surface area contributed by atoms with Crippen LogP contribution >= 0.6 is 0 Å². The monoisotopic (exact) mass is 136 g/mol. The smallest absolute Gasteiger partial charge is 0.308 e. The van der Waals surface area contributed by atoms with E-state index in [1.165, 1.54) is 19.3 Å². The molecule has 1 aromatic heterocycles. The number of ether oxygens (including phenoxy) is 1. The average molecular weight is 136 g/mol. The molecule has 0 unspecified atom stereocenters. The lowest BCUT2D eigenvalue weighted by molar-refractivity contribution is -0.131. The van der Waals surface area contributed by atoms with Crippen LogP contribution < -0.4 is 4.74 Å². The van der Waals surface area contributed by atoms with Crippen molar-refractivity contribution >= 4 is 5.97 Å². The fraction of sp³-hybridized carbons (Fsp3) is 0.143. The van der Waals surface area contributed by atoms with Crippen molar-refractivity contribution in [2.75, 3.05) is 0 Å². The van der Waals surface area contributed by atoms with Gasteiger partial charge in [-0.25, -0.2) is 0 Å². The van der Waals surface area contributed by atoms with Gasteiger partial charge in [0.15, 0.2) is 0 Å². The quantitative estimate of drug-likeness (QED) is 0.536. The van der Waals surface area contributed by atoms with Gasteiger partial charge in [-0.05, 0) is 6.07 Å². The van der Waals surface area contributed by atoms with Crippen LogP contribution in [-0.2, 0) is 4.79 Å². The molecule has 0 fully saturated rings. The molecule has 0 N–H and O–H groups in total. The Hall–Kier alpha value is -1.38. The van der Waals surface area contributed by atoms with Crippen molar-refractivity contribution in [3.05, 3.63) is 24.5 Å². The van der Waals surface area contributed by atoms with Crippen LogP contribution in [0.5, 0.6) is 5.75 Å². The van der Waals surface area contributed by atoms with Crippen LogP contribution in [0.4, 0.5) is 0 Å². The summed E-state index contributed by atoms with van der Waals surface area (Å²) in [6.45, 7) is 1.34. The van der Waals surface area contributed by atoms with Gasteiger partial charge in [-0.3, -0.25) is 9.78 Å². The molecule has 0 saturated heterocycles. The third-order valence-electron chi connectivity index (χ3n) is 0.838. The van der Waals surface area contributed by atoms with E-state index >= 15 is 0 Å². The van der Waals surface area contributed by atoms with Crippen molar-refractivity contribution < 1.29 is 9.53 Å². The molecule has 1 heterocycles.